The van der Waals surface area contributed by atoms with Crippen molar-refractivity contribution in [1.82, 2.24) is 23.4 Å². The van der Waals surface area contributed by atoms with Gasteiger partial charge in [-0.1, -0.05) is 138 Å². The molecule has 104 heavy (non-hydrogen) atoms. The Hall–Kier alpha value is -12.5. The Balaban J connectivity index is 0.000000142. The second-order valence-electron chi connectivity index (χ2n) is 27.5. The van der Waals surface area contributed by atoms with Gasteiger partial charge in [0, 0.05) is 22.8 Å². The van der Waals surface area contributed by atoms with Crippen LogP contribution in [0.3, 0.4) is 0 Å². The molecule has 13 nitrogen and oxygen atoms in total. The van der Waals surface area contributed by atoms with Crippen LogP contribution in [0.1, 0.15) is 94.7 Å². The van der Waals surface area contributed by atoms with E-state index in [0.29, 0.717) is 16.7 Å². The molecule has 0 radical (unpaired) electrons. The van der Waals surface area contributed by atoms with Gasteiger partial charge in [-0.3, -0.25) is 0 Å². The predicted octanol–water partition coefficient (Wildman–Crippen LogP) is 17.1. The molecule has 0 fully saturated rings. The minimum atomic E-state index is 0.667. The zero-order valence-corrected chi connectivity index (χ0v) is 63.8. The molecule has 14 aromatic rings. The van der Waals surface area contributed by atoms with Crippen LogP contribution in [0.5, 0.6) is 0 Å². The first kappa shape index (κ1) is 74.2. The van der Waals surface area contributed by atoms with Gasteiger partial charge in [-0.2, -0.15) is 20.5 Å². The quantitative estimate of drug-likeness (QED) is 0.134. The number of benzene rings is 9. The van der Waals surface area contributed by atoms with E-state index in [1.807, 2.05) is 105 Å². The van der Waals surface area contributed by atoms with Gasteiger partial charge in [-0.15, -0.1) is 37.5 Å². The lowest BCUT2D eigenvalue weighted by atomic mass is 9.93. The maximum Gasteiger partial charge on any atom is 0.238 e. The monoisotopic (exact) mass is 1370 g/mol. The molecule has 520 valence electrons. The molecule has 14 rings (SSSR count). The summed E-state index contributed by atoms with van der Waals surface area (Å²) in [6.45, 7) is 29.8. The number of nitrogens with zero attached hydrogens (tertiary/aromatic N) is 13. The SMILES string of the molecule is Cc1ccc(C#N)cc1-n1cc(-c2c(C)cc(-c3ccccc3)cc2C)c[n+]1C.Cc1ccc(C#N)cc1-n1cc(-c2c(C)cccc2C)c[n+]1C.Cc1ccc(C#N)cc1-n1cc(-c2ccccc2)c[n+]1C.Cc1ccc(C)c(-[n+]2cc(C)c(C)n2C)c1.Cc1ccc(C)c(-n2cc(C)c[n+]2C)c1. The van der Waals surface area contributed by atoms with Crippen molar-refractivity contribution >= 4 is 0 Å². The lowest BCUT2D eigenvalue weighted by molar-refractivity contribution is -0.744. The molecule has 0 aliphatic rings. The van der Waals surface area contributed by atoms with Gasteiger partial charge in [0.25, 0.3) is 0 Å². The van der Waals surface area contributed by atoms with Crippen LogP contribution in [0, 0.1) is 131 Å². The molecule has 0 unspecified atom stereocenters. The number of nitriles is 3. The van der Waals surface area contributed by atoms with Crippen molar-refractivity contribution in [3.05, 3.63) is 332 Å². The lowest BCUT2D eigenvalue weighted by Crippen LogP contribution is -2.39. The molecule has 0 atom stereocenters. The van der Waals surface area contributed by atoms with Crippen molar-refractivity contribution < 1.29 is 23.4 Å². The van der Waals surface area contributed by atoms with E-state index in [1.165, 1.54) is 112 Å². The zero-order chi connectivity index (χ0) is 74.8. The highest BCUT2D eigenvalue weighted by Crippen LogP contribution is 2.33. The first-order valence-corrected chi connectivity index (χ1v) is 35.1. The van der Waals surface area contributed by atoms with Crippen molar-refractivity contribution in [3.63, 3.8) is 0 Å². The van der Waals surface area contributed by atoms with Crippen LogP contribution in [0.2, 0.25) is 0 Å². The average molecular weight is 1370 g/mol. The number of aryl methyl sites for hydroxylation is 17. The molecule has 9 aromatic carbocycles. The van der Waals surface area contributed by atoms with Crippen LogP contribution < -0.4 is 23.4 Å². The Morgan fingerprint density at radius 2 is 0.644 bits per heavy atom. The van der Waals surface area contributed by atoms with Gasteiger partial charge in [-0.25, -0.2) is 0 Å². The van der Waals surface area contributed by atoms with Gasteiger partial charge in [-0.05, 0) is 223 Å². The van der Waals surface area contributed by atoms with E-state index in [0.717, 1.165) is 39.3 Å². The second-order valence-corrected chi connectivity index (χ2v) is 27.5. The van der Waals surface area contributed by atoms with Crippen LogP contribution in [0.15, 0.2) is 238 Å². The predicted molar refractivity (Wildman–Crippen MR) is 417 cm³/mol. The summed E-state index contributed by atoms with van der Waals surface area (Å²) in [5.74, 6) is 0. The van der Waals surface area contributed by atoms with E-state index in [2.05, 4.69) is 330 Å². The van der Waals surface area contributed by atoms with Gasteiger partial charge >= 0.3 is 0 Å². The lowest BCUT2D eigenvalue weighted by Gasteiger charge is -2.11. The van der Waals surface area contributed by atoms with E-state index >= 15 is 0 Å². The minimum absolute atomic E-state index is 0.667. The third-order valence-electron chi connectivity index (χ3n) is 19.3. The van der Waals surface area contributed by atoms with E-state index in [1.54, 1.807) is 0 Å². The third-order valence-corrected chi connectivity index (χ3v) is 19.3. The molecule has 0 amide bonds. The molecular formula is C91H96N13+5. The molecule has 0 spiro atoms. The van der Waals surface area contributed by atoms with Gasteiger partial charge in [0.15, 0.2) is 34.4 Å². The van der Waals surface area contributed by atoms with Crippen LogP contribution in [-0.2, 0) is 35.2 Å². The Bertz CT molecular complexity index is 5540. The second kappa shape index (κ2) is 32.4. The molecule has 13 heteroatoms. The maximum atomic E-state index is 9.28. The van der Waals surface area contributed by atoms with E-state index in [9.17, 15) is 5.26 Å². The summed E-state index contributed by atoms with van der Waals surface area (Å²) in [6, 6.07) is 68.7. The number of hydrogen-bond acceptors (Lipinski definition) is 3. The molecule has 0 saturated heterocycles. The molecule has 0 bridgehead atoms. The zero-order valence-electron chi connectivity index (χ0n) is 63.8. The van der Waals surface area contributed by atoms with Crippen LogP contribution in [0.4, 0.5) is 0 Å². The molecule has 5 heterocycles. The van der Waals surface area contributed by atoms with Crippen molar-refractivity contribution in [2.24, 2.45) is 35.2 Å². The number of aromatic nitrogens is 10. The summed E-state index contributed by atoms with van der Waals surface area (Å²) in [6.07, 6.45) is 19.2. The first-order chi connectivity index (χ1) is 49.7. The largest absolute Gasteiger partial charge is 0.238 e. The van der Waals surface area contributed by atoms with Crippen molar-refractivity contribution in [2.75, 3.05) is 0 Å². The average Bonchev–Trinajstić information content (AvgIpc) is 1.82. The molecule has 0 saturated carbocycles. The van der Waals surface area contributed by atoms with Gasteiger partial charge in [0.2, 0.25) is 30.5 Å². The van der Waals surface area contributed by atoms with Crippen LogP contribution >= 0.6 is 0 Å². The number of rotatable bonds is 9. The van der Waals surface area contributed by atoms with Crippen molar-refractivity contribution in [3.8, 4) is 91.2 Å². The fraction of sp³-hybridized carbons (Fsp3) is 0.209. The fourth-order valence-corrected chi connectivity index (χ4v) is 13.4. The van der Waals surface area contributed by atoms with Gasteiger partial charge in [0.1, 0.15) is 22.7 Å². The maximum absolute atomic E-state index is 9.28. The van der Waals surface area contributed by atoms with Gasteiger partial charge in [0.05, 0.1) is 89.1 Å². The molecule has 0 N–H and O–H groups in total. The smallest absolute Gasteiger partial charge is 0.192 e. The first-order valence-electron chi connectivity index (χ1n) is 35.1. The van der Waals surface area contributed by atoms with Crippen LogP contribution in [0.25, 0.3) is 72.9 Å². The normalized spacial score (nSPS) is 10.6. The summed E-state index contributed by atoms with van der Waals surface area (Å²) in [4.78, 5) is 0. The Labute approximate surface area is 614 Å². The summed E-state index contributed by atoms with van der Waals surface area (Å²) in [5, 5.41) is 27.5. The van der Waals surface area contributed by atoms with E-state index in [-0.39, 0.29) is 0 Å². The molecular weight excluding hydrogens is 1280 g/mol. The summed E-state index contributed by atoms with van der Waals surface area (Å²) in [5.41, 5.74) is 34.9. The van der Waals surface area contributed by atoms with Gasteiger partial charge < -0.3 is 0 Å². The van der Waals surface area contributed by atoms with Crippen molar-refractivity contribution in [1.29, 1.82) is 15.8 Å². The Morgan fingerprint density at radius 3 is 1.06 bits per heavy atom. The highest BCUT2D eigenvalue weighted by molar-refractivity contribution is 5.76. The molecule has 5 aromatic heterocycles. The van der Waals surface area contributed by atoms with E-state index < -0.39 is 0 Å². The third kappa shape index (κ3) is 16.8. The topological polar surface area (TPSA) is 115 Å². The standard InChI is InChI=1S/C26H24N3.C20H20N3.C18H16N3.C14H19N2.C13H17N2/c1-18-10-11-21(15-27)14-25(18)29-17-24(16-28(29)4)26-19(2)12-23(13-20(26)3)22-8-6-5-7-9-22;1-14-8-9-17(11-21)10-19(14)23-13-18(12-22(23)4)20-15(2)6-5-7-16(20)3;1-14-8-9-15(11-19)10-18(14)21-13-17(12-20(21)2)16-6-4-3-5-7-16;1-10-6-7-11(2)14(8-10)16-9-12(3)13(4)15(16)5;1-10-5-6-12(3)13(7-10)15-9-11(2)8-14(15)4/h5-14,16-17H,1-4H3;5-10,12-13H,1-4H3;3-10,12-13H,1-2H3;6-9H,1-5H3;5-9H,1-4H3/q5*+1. The van der Waals surface area contributed by atoms with E-state index in [4.69, 9.17) is 10.5 Å². The fourth-order valence-electron chi connectivity index (χ4n) is 13.4. The van der Waals surface area contributed by atoms with Crippen molar-refractivity contribution in [2.45, 2.75) is 96.9 Å². The summed E-state index contributed by atoms with van der Waals surface area (Å²) >= 11 is 0. The summed E-state index contributed by atoms with van der Waals surface area (Å²) < 4.78 is 21.1. The molecule has 0 aliphatic heterocycles. The number of hydrogen-bond donors (Lipinski definition) is 0. The highest BCUT2D eigenvalue weighted by atomic mass is 15.4. The summed E-state index contributed by atoms with van der Waals surface area (Å²) in [7, 11) is 10.2. The minimum Gasteiger partial charge on any atom is -0.192 e. The van der Waals surface area contributed by atoms with Crippen LogP contribution in [-0.4, -0.2) is 23.4 Å². The highest BCUT2D eigenvalue weighted by Gasteiger charge is 2.23. The Kier molecular flexibility index (Phi) is 23.1. The molecule has 0 aliphatic carbocycles. The Morgan fingerprint density at radius 1 is 0.279 bits per heavy atom.